The molecule has 6 atom stereocenters. The van der Waals surface area contributed by atoms with Crippen LogP contribution in [0.3, 0.4) is 0 Å². The molecule has 3 N–H and O–H groups in total. The average Bonchev–Trinajstić information content (AvgIpc) is 3.32. The SMILES string of the molecule is CNC(=O)[C@H]1[C@H]2C(=O)N([C@@H](CO)Cc3ccccc3)C(C(=O)NC(C)C)C23CC[C@]1(C)O3. The summed E-state index contributed by atoms with van der Waals surface area (Å²) < 4.78 is 6.50. The summed E-state index contributed by atoms with van der Waals surface area (Å²) in [5.41, 5.74) is -0.916. The van der Waals surface area contributed by atoms with Crippen molar-refractivity contribution in [3.05, 3.63) is 35.9 Å². The zero-order valence-corrected chi connectivity index (χ0v) is 19.1. The zero-order valence-electron chi connectivity index (χ0n) is 19.1. The summed E-state index contributed by atoms with van der Waals surface area (Å²) >= 11 is 0. The predicted octanol–water partition coefficient (Wildman–Crippen LogP) is 0.625. The first kappa shape index (κ1) is 22.7. The van der Waals surface area contributed by atoms with Gasteiger partial charge in [0.2, 0.25) is 17.7 Å². The van der Waals surface area contributed by atoms with Crippen LogP contribution in [0.4, 0.5) is 0 Å². The third-order valence-electron chi connectivity index (χ3n) is 7.34. The van der Waals surface area contributed by atoms with Gasteiger partial charge in [0.05, 0.1) is 30.1 Å². The van der Waals surface area contributed by atoms with Crippen LogP contribution < -0.4 is 10.6 Å². The van der Waals surface area contributed by atoms with E-state index in [1.54, 1.807) is 7.05 Å². The predicted molar refractivity (Wildman–Crippen MR) is 117 cm³/mol. The maximum Gasteiger partial charge on any atom is 0.246 e. The van der Waals surface area contributed by atoms with Crippen molar-refractivity contribution in [1.29, 1.82) is 0 Å². The molecular formula is C24H33N3O5. The number of nitrogens with one attached hydrogen (secondary N) is 2. The molecule has 0 aromatic heterocycles. The van der Waals surface area contributed by atoms with Crippen LogP contribution in [0, 0.1) is 11.8 Å². The van der Waals surface area contributed by atoms with E-state index in [1.165, 1.54) is 4.90 Å². The number of aliphatic hydroxyl groups excluding tert-OH is 1. The van der Waals surface area contributed by atoms with Gasteiger partial charge < -0.3 is 25.4 Å². The molecule has 8 heteroatoms. The molecule has 3 heterocycles. The number of aliphatic hydroxyl groups is 1. The maximum atomic E-state index is 13.9. The Morgan fingerprint density at radius 1 is 1.22 bits per heavy atom. The monoisotopic (exact) mass is 443 g/mol. The summed E-state index contributed by atoms with van der Waals surface area (Å²) in [7, 11) is 1.55. The van der Waals surface area contributed by atoms with Crippen molar-refractivity contribution in [2.75, 3.05) is 13.7 Å². The number of amides is 3. The van der Waals surface area contributed by atoms with Crippen LogP contribution in [0.25, 0.3) is 0 Å². The smallest absolute Gasteiger partial charge is 0.246 e. The molecule has 1 aromatic rings. The molecule has 1 spiro atoms. The fourth-order valence-corrected chi connectivity index (χ4v) is 6.11. The lowest BCUT2D eigenvalue weighted by atomic mass is 9.66. The first-order valence-electron chi connectivity index (χ1n) is 11.4. The van der Waals surface area contributed by atoms with Gasteiger partial charge in [0, 0.05) is 13.1 Å². The number of carbonyl (C=O) groups is 3. The largest absolute Gasteiger partial charge is 0.394 e. The minimum absolute atomic E-state index is 0.125. The van der Waals surface area contributed by atoms with Crippen molar-refractivity contribution < 1.29 is 24.2 Å². The first-order chi connectivity index (χ1) is 15.2. The third kappa shape index (κ3) is 3.31. The topological polar surface area (TPSA) is 108 Å². The fourth-order valence-electron chi connectivity index (χ4n) is 6.11. The van der Waals surface area contributed by atoms with Crippen LogP contribution >= 0.6 is 0 Å². The molecule has 1 aromatic carbocycles. The molecule has 3 amide bonds. The Morgan fingerprint density at radius 3 is 2.50 bits per heavy atom. The molecule has 3 aliphatic rings. The van der Waals surface area contributed by atoms with Crippen LogP contribution in [0.5, 0.6) is 0 Å². The number of hydrogen-bond donors (Lipinski definition) is 3. The molecular weight excluding hydrogens is 410 g/mol. The van der Waals surface area contributed by atoms with Crippen molar-refractivity contribution in [3.8, 4) is 0 Å². The van der Waals surface area contributed by atoms with Gasteiger partial charge in [-0.15, -0.1) is 0 Å². The van der Waals surface area contributed by atoms with E-state index < -0.39 is 35.1 Å². The standard InChI is InChI=1S/C24H33N3O5/c1-14(2)26-21(30)19-24-11-10-23(3,32-24)17(20(29)25-4)18(24)22(31)27(19)16(13-28)12-15-8-6-5-7-9-15/h5-9,14,16-19,28H,10-13H2,1-4H3,(H,25,29)(H,26,30)/t16-,17-,18+,19?,23+,24?/m1/s1. The van der Waals surface area contributed by atoms with Crippen molar-refractivity contribution in [3.63, 3.8) is 0 Å². The van der Waals surface area contributed by atoms with E-state index in [1.807, 2.05) is 51.1 Å². The number of nitrogens with zero attached hydrogens (tertiary/aromatic N) is 1. The second-order valence-corrected chi connectivity index (χ2v) is 9.78. The lowest BCUT2D eigenvalue weighted by Crippen LogP contribution is -2.59. The summed E-state index contributed by atoms with van der Waals surface area (Å²) in [4.78, 5) is 41.8. The van der Waals surface area contributed by atoms with E-state index in [0.29, 0.717) is 19.3 Å². The molecule has 0 aliphatic carbocycles. The van der Waals surface area contributed by atoms with Gasteiger partial charge in [-0.1, -0.05) is 30.3 Å². The average molecular weight is 444 g/mol. The molecule has 174 valence electrons. The van der Waals surface area contributed by atoms with E-state index >= 15 is 0 Å². The third-order valence-corrected chi connectivity index (χ3v) is 7.34. The Morgan fingerprint density at radius 2 is 1.91 bits per heavy atom. The Bertz CT molecular complexity index is 906. The van der Waals surface area contributed by atoms with Gasteiger partial charge in [-0.05, 0) is 45.6 Å². The van der Waals surface area contributed by atoms with Gasteiger partial charge in [0.1, 0.15) is 11.6 Å². The summed E-state index contributed by atoms with van der Waals surface area (Å²) in [5, 5.41) is 15.9. The summed E-state index contributed by atoms with van der Waals surface area (Å²) in [6, 6.07) is 7.94. The Balaban J connectivity index is 1.78. The lowest BCUT2D eigenvalue weighted by Gasteiger charge is -2.37. The molecule has 3 aliphatic heterocycles. The van der Waals surface area contributed by atoms with Gasteiger partial charge >= 0.3 is 0 Å². The Kier molecular flexibility index (Phi) is 5.79. The molecule has 2 bridgehead atoms. The molecule has 3 fully saturated rings. The molecule has 8 nitrogen and oxygen atoms in total. The second-order valence-electron chi connectivity index (χ2n) is 9.78. The molecule has 32 heavy (non-hydrogen) atoms. The minimum Gasteiger partial charge on any atom is -0.394 e. The van der Waals surface area contributed by atoms with E-state index in [-0.39, 0.29) is 30.4 Å². The van der Waals surface area contributed by atoms with E-state index in [2.05, 4.69) is 10.6 Å². The number of ether oxygens (including phenoxy) is 1. The normalized spacial score (nSPS) is 34.0. The van der Waals surface area contributed by atoms with Gasteiger partial charge in [-0.25, -0.2) is 0 Å². The van der Waals surface area contributed by atoms with Crippen LogP contribution in [0.1, 0.15) is 39.2 Å². The van der Waals surface area contributed by atoms with Crippen molar-refractivity contribution in [2.24, 2.45) is 11.8 Å². The summed E-state index contributed by atoms with van der Waals surface area (Å²) in [5.74, 6) is -2.27. The number of likely N-dealkylation sites (tertiary alicyclic amines) is 1. The van der Waals surface area contributed by atoms with E-state index in [0.717, 1.165) is 5.56 Å². The molecule has 3 saturated heterocycles. The molecule has 0 radical (unpaired) electrons. The Hall–Kier alpha value is -2.45. The Labute approximate surface area is 188 Å². The quantitative estimate of drug-likeness (QED) is 0.573. The van der Waals surface area contributed by atoms with Crippen molar-refractivity contribution >= 4 is 17.7 Å². The highest BCUT2D eigenvalue weighted by atomic mass is 16.5. The second kappa shape index (κ2) is 8.15. The highest BCUT2D eigenvalue weighted by molar-refractivity contribution is 5.99. The van der Waals surface area contributed by atoms with E-state index in [9.17, 15) is 19.5 Å². The number of fused-ring (bicyclic) bond motifs is 1. The highest BCUT2D eigenvalue weighted by Gasteiger charge is 2.78. The maximum absolute atomic E-state index is 13.9. The lowest BCUT2D eigenvalue weighted by molar-refractivity contribution is -0.149. The number of benzene rings is 1. The summed E-state index contributed by atoms with van der Waals surface area (Å²) in [6.45, 7) is 5.30. The summed E-state index contributed by atoms with van der Waals surface area (Å²) in [6.07, 6.45) is 1.51. The van der Waals surface area contributed by atoms with E-state index in [4.69, 9.17) is 4.74 Å². The van der Waals surface area contributed by atoms with Gasteiger partial charge in [-0.3, -0.25) is 14.4 Å². The first-order valence-corrected chi connectivity index (χ1v) is 11.4. The van der Waals surface area contributed by atoms with Crippen LogP contribution in [-0.4, -0.2) is 70.7 Å². The zero-order chi connectivity index (χ0) is 23.3. The van der Waals surface area contributed by atoms with Gasteiger partial charge in [0.15, 0.2) is 0 Å². The molecule has 4 rings (SSSR count). The van der Waals surface area contributed by atoms with Gasteiger partial charge in [0.25, 0.3) is 0 Å². The number of carbonyl (C=O) groups excluding carboxylic acids is 3. The van der Waals surface area contributed by atoms with Crippen LogP contribution in [0.2, 0.25) is 0 Å². The highest BCUT2D eigenvalue weighted by Crippen LogP contribution is 2.63. The number of hydrogen-bond acceptors (Lipinski definition) is 5. The van der Waals surface area contributed by atoms with Crippen LogP contribution in [0.15, 0.2) is 30.3 Å². The fraction of sp³-hybridized carbons (Fsp3) is 0.625. The molecule has 0 saturated carbocycles. The van der Waals surface area contributed by atoms with Crippen molar-refractivity contribution in [2.45, 2.75) is 69.4 Å². The van der Waals surface area contributed by atoms with Gasteiger partial charge in [-0.2, -0.15) is 0 Å². The minimum atomic E-state index is -1.08. The van der Waals surface area contributed by atoms with Crippen molar-refractivity contribution in [1.82, 2.24) is 15.5 Å². The number of rotatable bonds is 7. The molecule has 2 unspecified atom stereocenters. The van der Waals surface area contributed by atoms with Crippen LogP contribution in [-0.2, 0) is 25.5 Å².